The van der Waals surface area contributed by atoms with Gasteiger partial charge in [0.2, 0.25) is 0 Å². The Labute approximate surface area is 267 Å². The number of hydrogen-bond acceptors (Lipinski definition) is 7. The highest BCUT2D eigenvalue weighted by Crippen LogP contribution is 2.40. The van der Waals surface area contributed by atoms with E-state index >= 15 is 0 Å². The van der Waals surface area contributed by atoms with E-state index in [-0.39, 0.29) is 46.4 Å². The number of guanidine groups is 1. The van der Waals surface area contributed by atoms with E-state index in [0.717, 1.165) is 5.56 Å². The highest BCUT2D eigenvalue weighted by molar-refractivity contribution is 7.92. The fourth-order valence-corrected chi connectivity index (χ4v) is 7.53. The molecule has 8 N–H and O–H groups in total. The lowest BCUT2D eigenvalue weighted by molar-refractivity contribution is -0.138. The van der Waals surface area contributed by atoms with Gasteiger partial charge in [0, 0.05) is 26.2 Å². The molecule has 2 atom stereocenters. The molecule has 0 radical (unpaired) electrons. The van der Waals surface area contributed by atoms with Crippen LogP contribution in [0.4, 0.5) is 16.2 Å². The fourth-order valence-electron chi connectivity index (χ4n) is 5.46. The number of carboxylic acids is 1. The first-order chi connectivity index (χ1) is 21.0. The number of rotatable bonds is 11. The smallest absolute Gasteiger partial charge is 0.325 e. The van der Waals surface area contributed by atoms with E-state index in [1.807, 2.05) is 39.8 Å². The zero-order valence-corrected chi connectivity index (χ0v) is 28.2. The lowest BCUT2D eigenvalue weighted by atomic mass is 9.89. The van der Waals surface area contributed by atoms with Gasteiger partial charge in [0.15, 0.2) is 15.8 Å². The molecule has 0 aliphatic carbocycles. The van der Waals surface area contributed by atoms with Crippen molar-refractivity contribution in [3.63, 3.8) is 0 Å². The van der Waals surface area contributed by atoms with E-state index < -0.39 is 33.3 Å². The molecule has 248 valence electrons. The Hall–Kier alpha value is -3.68. The maximum absolute atomic E-state index is 14.9. The molecule has 2 aromatic rings. The van der Waals surface area contributed by atoms with Crippen molar-refractivity contribution in [1.29, 1.82) is 0 Å². The summed E-state index contributed by atoms with van der Waals surface area (Å²) in [4.78, 5) is 33.1. The molecular formula is C32H49N7O5S. The first kappa shape index (κ1) is 35.8. The predicted molar refractivity (Wildman–Crippen MR) is 179 cm³/mol. The van der Waals surface area contributed by atoms with Gasteiger partial charge in [-0.1, -0.05) is 59.7 Å². The molecule has 1 heterocycles. The lowest BCUT2D eigenvalue weighted by Crippen LogP contribution is -2.55. The Bertz CT molecular complexity index is 1500. The number of anilines is 1. The van der Waals surface area contributed by atoms with Gasteiger partial charge in [-0.05, 0) is 65.5 Å². The Morgan fingerprint density at radius 3 is 1.98 bits per heavy atom. The van der Waals surface area contributed by atoms with E-state index in [2.05, 4.69) is 24.2 Å². The van der Waals surface area contributed by atoms with Crippen LogP contribution in [0.15, 0.2) is 40.2 Å². The van der Waals surface area contributed by atoms with Crippen LogP contribution in [-0.4, -0.2) is 74.0 Å². The lowest BCUT2D eigenvalue weighted by Gasteiger charge is -2.37. The number of nitrogens with zero attached hydrogens (tertiary/aromatic N) is 3. The van der Waals surface area contributed by atoms with E-state index in [1.165, 1.54) is 17.9 Å². The molecule has 1 aliphatic heterocycles. The number of aliphatic carboxylic acids is 1. The van der Waals surface area contributed by atoms with Crippen LogP contribution in [0.2, 0.25) is 0 Å². The molecule has 45 heavy (non-hydrogen) atoms. The molecule has 2 amide bonds. The maximum Gasteiger partial charge on any atom is 0.325 e. The number of urea groups is 1. The van der Waals surface area contributed by atoms with Crippen molar-refractivity contribution in [2.45, 2.75) is 89.0 Å². The molecule has 1 unspecified atom stereocenters. The normalized spacial score (nSPS) is 15.3. The molecule has 1 fully saturated rings. The molecule has 2 aromatic carbocycles. The van der Waals surface area contributed by atoms with E-state index in [9.17, 15) is 23.1 Å². The molecule has 0 aromatic heterocycles. The number of carbonyl (C=O) groups excluding carboxylic acids is 1. The number of hydrogen-bond donors (Lipinski definition) is 5. The van der Waals surface area contributed by atoms with Crippen molar-refractivity contribution in [1.82, 2.24) is 10.2 Å². The number of nitrogens with one attached hydrogen (secondary N) is 1. The number of carboxylic acid groups (broad SMARTS) is 1. The fraction of sp³-hybridized carbons (Fsp3) is 0.531. The van der Waals surface area contributed by atoms with Gasteiger partial charge < -0.3 is 32.5 Å². The van der Waals surface area contributed by atoms with Gasteiger partial charge >= 0.3 is 12.0 Å². The van der Waals surface area contributed by atoms with Crippen LogP contribution >= 0.6 is 0 Å². The predicted octanol–water partition coefficient (Wildman–Crippen LogP) is 3.57. The molecular weight excluding hydrogens is 594 g/mol. The van der Waals surface area contributed by atoms with Crippen LogP contribution in [0.5, 0.6) is 0 Å². The topological polar surface area (TPSA) is 197 Å². The minimum Gasteiger partial charge on any atom is -0.480 e. The highest BCUT2D eigenvalue weighted by Gasteiger charge is 2.40. The van der Waals surface area contributed by atoms with Crippen LogP contribution in [-0.2, 0) is 21.1 Å². The third-order valence-electron chi connectivity index (χ3n) is 8.09. The number of carbonyl (C=O) groups is 2. The zero-order valence-electron chi connectivity index (χ0n) is 27.4. The Morgan fingerprint density at radius 1 is 0.956 bits per heavy atom. The molecule has 0 bridgehead atoms. The van der Waals surface area contributed by atoms with Gasteiger partial charge in [0.25, 0.3) is 0 Å². The van der Waals surface area contributed by atoms with Crippen molar-refractivity contribution in [3.8, 4) is 0 Å². The summed E-state index contributed by atoms with van der Waals surface area (Å²) in [6.07, 6.45) is -0.0279. The third kappa shape index (κ3) is 8.13. The largest absolute Gasteiger partial charge is 0.480 e. The molecule has 0 spiro atoms. The SMILES string of the molecule is CC(C)c1cc(C(C)C)c(S(=O)(=O)C(C)N(C(=O)N2CCNCC2)c2ccc(C[C@H](N)C(=O)O)cc2N=C(N)N)c(C(C)C)c1. The molecule has 1 aliphatic rings. The molecule has 13 heteroatoms. The van der Waals surface area contributed by atoms with Crippen molar-refractivity contribution in [3.05, 3.63) is 52.6 Å². The second-order valence-corrected chi connectivity index (χ2v) is 14.7. The molecule has 3 rings (SSSR count). The van der Waals surface area contributed by atoms with Gasteiger partial charge in [0.1, 0.15) is 11.4 Å². The zero-order chi connectivity index (χ0) is 33.8. The Kier molecular flexibility index (Phi) is 11.6. The van der Waals surface area contributed by atoms with Crippen LogP contribution < -0.4 is 27.4 Å². The number of aliphatic imine (C=N–C) groups is 1. The standard InChI is InChI=1S/C32H49N7O5S/c1-18(2)23-16-24(19(3)4)29(25(17-23)20(5)6)45(43,44)21(7)39(32(42)38-12-10-36-11-13-38)28-9-8-22(14-26(33)30(40)41)15-27(28)37-31(34)35/h8-9,15-21,26,36H,10-14,33H2,1-7H3,(H,40,41)(H4,34,35,37)/t21?,26-/m0/s1. The number of amides is 2. The van der Waals surface area contributed by atoms with Crippen LogP contribution in [0, 0.1) is 0 Å². The average Bonchev–Trinajstić information content (AvgIpc) is 2.97. The minimum atomic E-state index is -4.20. The summed E-state index contributed by atoms with van der Waals surface area (Å²) < 4.78 is 29.8. The molecule has 1 saturated heterocycles. The molecule has 12 nitrogen and oxygen atoms in total. The molecule has 0 saturated carbocycles. The summed E-state index contributed by atoms with van der Waals surface area (Å²) in [6, 6.07) is 6.93. The van der Waals surface area contributed by atoms with E-state index in [1.54, 1.807) is 17.0 Å². The van der Waals surface area contributed by atoms with Gasteiger partial charge in [-0.15, -0.1) is 0 Å². The van der Waals surface area contributed by atoms with Crippen LogP contribution in [0.3, 0.4) is 0 Å². The summed E-state index contributed by atoms with van der Waals surface area (Å²) in [7, 11) is -4.20. The number of nitrogens with two attached hydrogens (primary N) is 3. The highest BCUT2D eigenvalue weighted by atomic mass is 32.2. The van der Waals surface area contributed by atoms with Crippen molar-refractivity contribution < 1.29 is 23.1 Å². The number of sulfone groups is 1. The van der Waals surface area contributed by atoms with E-state index in [0.29, 0.717) is 42.9 Å². The summed E-state index contributed by atoms with van der Waals surface area (Å²) >= 11 is 0. The summed E-state index contributed by atoms with van der Waals surface area (Å²) in [6.45, 7) is 15.4. The second kappa shape index (κ2) is 14.6. The van der Waals surface area contributed by atoms with Gasteiger partial charge in [-0.25, -0.2) is 18.2 Å². The average molecular weight is 644 g/mol. The summed E-state index contributed by atoms with van der Waals surface area (Å²) in [5.41, 5.74) is 20.6. The number of piperazine rings is 1. The quantitative estimate of drug-likeness (QED) is 0.179. The summed E-state index contributed by atoms with van der Waals surface area (Å²) in [5.74, 6) is -1.51. The third-order valence-corrected chi connectivity index (χ3v) is 10.2. The van der Waals surface area contributed by atoms with Crippen molar-refractivity contribution in [2.75, 3.05) is 31.1 Å². The first-order valence-electron chi connectivity index (χ1n) is 15.4. The maximum atomic E-state index is 14.9. The minimum absolute atomic E-state index is 0.0279. The van der Waals surface area contributed by atoms with Crippen molar-refractivity contribution in [2.24, 2.45) is 22.2 Å². The van der Waals surface area contributed by atoms with Crippen molar-refractivity contribution >= 4 is 39.2 Å². The van der Waals surface area contributed by atoms with Crippen LogP contribution in [0.25, 0.3) is 0 Å². The van der Waals surface area contributed by atoms with E-state index in [4.69, 9.17) is 17.2 Å². The first-order valence-corrected chi connectivity index (χ1v) is 16.9. The second-order valence-electron chi connectivity index (χ2n) is 12.5. The van der Waals surface area contributed by atoms with Gasteiger partial charge in [-0.2, -0.15) is 0 Å². The summed E-state index contributed by atoms with van der Waals surface area (Å²) in [5, 5.41) is 11.2. The van der Waals surface area contributed by atoms with Gasteiger partial charge in [-0.3, -0.25) is 9.69 Å². The van der Waals surface area contributed by atoms with Crippen LogP contribution in [0.1, 0.15) is 88.5 Å². The Morgan fingerprint density at radius 2 is 1.51 bits per heavy atom. The van der Waals surface area contributed by atoms with Gasteiger partial charge in [0.05, 0.1) is 16.3 Å². The monoisotopic (exact) mass is 643 g/mol. The Balaban J connectivity index is 2.32. The number of benzene rings is 2.